The van der Waals surface area contributed by atoms with Gasteiger partial charge in [-0.1, -0.05) is 40.9 Å². The van der Waals surface area contributed by atoms with Crippen LogP contribution in [0.2, 0.25) is 15.2 Å². The van der Waals surface area contributed by atoms with E-state index in [9.17, 15) is 0 Å². The number of benzene rings is 2. The summed E-state index contributed by atoms with van der Waals surface area (Å²) in [7, 11) is 0. The molecule has 0 spiro atoms. The third-order valence-electron chi connectivity index (χ3n) is 3.38. The van der Waals surface area contributed by atoms with Gasteiger partial charge in [0.15, 0.2) is 5.82 Å². The van der Waals surface area contributed by atoms with E-state index >= 15 is 0 Å². The van der Waals surface area contributed by atoms with E-state index in [-0.39, 0.29) is 0 Å². The van der Waals surface area contributed by atoms with Crippen LogP contribution in [0.5, 0.6) is 0 Å². The van der Waals surface area contributed by atoms with Crippen LogP contribution < -0.4 is 0 Å². The number of halogens is 3. The highest BCUT2D eigenvalue weighted by atomic mass is 35.5. The van der Waals surface area contributed by atoms with Crippen LogP contribution in [0.15, 0.2) is 30.3 Å². The Morgan fingerprint density at radius 2 is 1.52 bits per heavy atom. The first-order valence-electron chi connectivity index (χ1n) is 6.36. The lowest BCUT2D eigenvalue weighted by atomic mass is 10.1. The summed E-state index contributed by atoms with van der Waals surface area (Å²) in [6.07, 6.45) is 0. The van der Waals surface area contributed by atoms with Gasteiger partial charge in [0, 0.05) is 16.0 Å². The number of fused-ring (bicyclic) bond motifs is 1. The van der Waals surface area contributed by atoms with Crippen LogP contribution in [0.25, 0.3) is 22.3 Å². The molecule has 106 valence electrons. The number of nitrogens with zero attached hydrogens (tertiary/aromatic N) is 2. The SMILES string of the molecule is Cc1cc(-c2nc(Cl)c3c(C)ccc(Cl)c3n2)ccc1Cl. The van der Waals surface area contributed by atoms with Gasteiger partial charge in [-0.2, -0.15) is 0 Å². The predicted molar refractivity (Wildman–Crippen MR) is 89.5 cm³/mol. The lowest BCUT2D eigenvalue weighted by Gasteiger charge is -2.09. The Morgan fingerprint density at radius 3 is 2.24 bits per heavy atom. The minimum Gasteiger partial charge on any atom is -0.226 e. The molecule has 0 N–H and O–H groups in total. The van der Waals surface area contributed by atoms with Crippen LogP contribution in [0, 0.1) is 13.8 Å². The highest BCUT2D eigenvalue weighted by Gasteiger charge is 2.13. The normalized spacial score (nSPS) is 11.1. The molecule has 0 aliphatic carbocycles. The van der Waals surface area contributed by atoms with Gasteiger partial charge in [-0.15, -0.1) is 0 Å². The third-order valence-corrected chi connectivity index (χ3v) is 4.38. The zero-order valence-corrected chi connectivity index (χ0v) is 13.7. The molecular weight excluding hydrogens is 327 g/mol. The van der Waals surface area contributed by atoms with Gasteiger partial charge in [0.25, 0.3) is 0 Å². The van der Waals surface area contributed by atoms with Crippen LogP contribution in [0.4, 0.5) is 0 Å². The Labute approximate surface area is 137 Å². The second-order valence-electron chi connectivity index (χ2n) is 4.89. The molecule has 0 fully saturated rings. The van der Waals surface area contributed by atoms with E-state index in [1.807, 2.05) is 44.2 Å². The van der Waals surface area contributed by atoms with E-state index in [0.717, 1.165) is 22.1 Å². The van der Waals surface area contributed by atoms with Gasteiger partial charge in [-0.05, 0) is 49.2 Å². The lowest BCUT2D eigenvalue weighted by Crippen LogP contribution is -1.94. The van der Waals surface area contributed by atoms with Gasteiger partial charge < -0.3 is 0 Å². The Bertz CT molecular complexity index is 860. The first kappa shape index (κ1) is 14.6. The van der Waals surface area contributed by atoms with Crippen molar-refractivity contribution in [2.75, 3.05) is 0 Å². The van der Waals surface area contributed by atoms with Crippen molar-refractivity contribution in [2.45, 2.75) is 13.8 Å². The molecule has 0 unspecified atom stereocenters. The van der Waals surface area contributed by atoms with Gasteiger partial charge in [0.1, 0.15) is 5.15 Å². The van der Waals surface area contributed by atoms with Crippen LogP contribution in [-0.2, 0) is 0 Å². The largest absolute Gasteiger partial charge is 0.226 e. The van der Waals surface area contributed by atoms with Crippen molar-refractivity contribution < 1.29 is 0 Å². The molecular formula is C16H11Cl3N2. The second kappa shape index (κ2) is 5.45. The fourth-order valence-electron chi connectivity index (χ4n) is 2.23. The molecule has 2 nitrogen and oxygen atoms in total. The topological polar surface area (TPSA) is 25.8 Å². The fourth-order valence-corrected chi connectivity index (χ4v) is 2.86. The number of aromatic nitrogens is 2. The standard InChI is InChI=1S/C16H11Cl3N2/c1-8-3-5-12(18)14-13(8)15(19)21-16(20-14)10-4-6-11(17)9(2)7-10/h3-7H,1-2H3. The fraction of sp³-hybridized carbons (Fsp3) is 0.125. The molecule has 0 aliphatic heterocycles. The van der Waals surface area contributed by atoms with Crippen molar-refractivity contribution in [1.29, 1.82) is 0 Å². The van der Waals surface area contributed by atoms with Crippen LogP contribution >= 0.6 is 34.8 Å². The Kier molecular flexibility index (Phi) is 3.78. The van der Waals surface area contributed by atoms with Crippen molar-refractivity contribution in [1.82, 2.24) is 9.97 Å². The van der Waals surface area contributed by atoms with Crippen LogP contribution in [0.3, 0.4) is 0 Å². The first-order valence-corrected chi connectivity index (χ1v) is 7.49. The lowest BCUT2D eigenvalue weighted by molar-refractivity contribution is 1.22. The maximum absolute atomic E-state index is 6.32. The Hall–Kier alpha value is -1.35. The summed E-state index contributed by atoms with van der Waals surface area (Å²) >= 11 is 18.6. The van der Waals surface area contributed by atoms with E-state index < -0.39 is 0 Å². The second-order valence-corrected chi connectivity index (χ2v) is 6.06. The zero-order chi connectivity index (χ0) is 15.1. The predicted octanol–water partition coefficient (Wildman–Crippen LogP) is 5.87. The van der Waals surface area contributed by atoms with Crippen molar-refractivity contribution in [3.63, 3.8) is 0 Å². The summed E-state index contributed by atoms with van der Waals surface area (Å²) in [5.41, 5.74) is 3.49. The number of rotatable bonds is 1. The van der Waals surface area contributed by atoms with Gasteiger partial charge in [-0.25, -0.2) is 9.97 Å². The highest BCUT2D eigenvalue weighted by molar-refractivity contribution is 6.38. The monoisotopic (exact) mass is 336 g/mol. The summed E-state index contributed by atoms with van der Waals surface area (Å²) in [4.78, 5) is 8.96. The highest BCUT2D eigenvalue weighted by Crippen LogP contribution is 2.32. The maximum Gasteiger partial charge on any atom is 0.161 e. The molecule has 0 saturated carbocycles. The van der Waals surface area contributed by atoms with Crippen LogP contribution in [-0.4, -0.2) is 9.97 Å². The quantitative estimate of drug-likeness (QED) is 0.519. The molecule has 0 amide bonds. The zero-order valence-electron chi connectivity index (χ0n) is 11.4. The summed E-state index contributed by atoms with van der Waals surface area (Å²) in [6, 6.07) is 9.36. The molecule has 3 rings (SSSR count). The van der Waals surface area contributed by atoms with Gasteiger partial charge in [-0.3, -0.25) is 0 Å². The first-order chi connectivity index (χ1) is 9.97. The third kappa shape index (κ3) is 2.59. The van der Waals surface area contributed by atoms with Crippen LogP contribution in [0.1, 0.15) is 11.1 Å². The number of hydrogen-bond acceptors (Lipinski definition) is 2. The molecule has 0 aliphatic rings. The van der Waals surface area contributed by atoms with E-state index in [2.05, 4.69) is 9.97 Å². The number of hydrogen-bond donors (Lipinski definition) is 0. The average Bonchev–Trinajstić information content (AvgIpc) is 2.45. The van der Waals surface area contributed by atoms with Gasteiger partial charge in [0.2, 0.25) is 0 Å². The van der Waals surface area contributed by atoms with Crippen molar-refractivity contribution in [2.24, 2.45) is 0 Å². The minimum absolute atomic E-state index is 0.405. The number of aryl methyl sites for hydroxylation is 2. The Morgan fingerprint density at radius 1 is 0.810 bits per heavy atom. The molecule has 3 aromatic rings. The van der Waals surface area contributed by atoms with Gasteiger partial charge in [0.05, 0.1) is 10.5 Å². The summed E-state index contributed by atoms with van der Waals surface area (Å²) in [6.45, 7) is 3.89. The molecule has 5 heteroatoms. The molecule has 0 saturated heterocycles. The van der Waals surface area contributed by atoms with E-state index in [1.165, 1.54) is 0 Å². The summed E-state index contributed by atoms with van der Waals surface area (Å²) in [5, 5.41) is 2.47. The molecule has 0 atom stereocenters. The molecule has 0 bridgehead atoms. The molecule has 1 aromatic heterocycles. The van der Waals surface area contributed by atoms with E-state index in [0.29, 0.717) is 26.5 Å². The molecule has 0 radical (unpaired) electrons. The molecule has 2 aromatic carbocycles. The van der Waals surface area contributed by atoms with Gasteiger partial charge >= 0.3 is 0 Å². The van der Waals surface area contributed by atoms with E-state index in [4.69, 9.17) is 34.8 Å². The minimum atomic E-state index is 0.405. The average molecular weight is 338 g/mol. The van der Waals surface area contributed by atoms with Crippen molar-refractivity contribution in [3.8, 4) is 11.4 Å². The van der Waals surface area contributed by atoms with E-state index in [1.54, 1.807) is 0 Å². The summed E-state index contributed by atoms with van der Waals surface area (Å²) < 4.78 is 0. The smallest absolute Gasteiger partial charge is 0.161 e. The molecule has 21 heavy (non-hydrogen) atoms. The summed E-state index contributed by atoms with van der Waals surface area (Å²) in [5.74, 6) is 0.541. The Balaban J connectivity index is 2.30. The maximum atomic E-state index is 6.32. The van der Waals surface area contributed by atoms with Crippen molar-refractivity contribution >= 4 is 45.7 Å². The molecule has 1 heterocycles. The van der Waals surface area contributed by atoms with Crippen molar-refractivity contribution in [3.05, 3.63) is 56.7 Å².